The maximum atomic E-state index is 11.2. The number of primary amides is 1. The number of amides is 1. The van der Waals surface area contributed by atoms with Crippen LogP contribution in [0.2, 0.25) is 10.2 Å². The number of rotatable bonds is 1. The van der Waals surface area contributed by atoms with Gasteiger partial charge in [-0.1, -0.05) is 41.4 Å². The predicted octanol–water partition coefficient (Wildman–Crippen LogP) is 2.64. The zero-order valence-electron chi connectivity index (χ0n) is 7.50. The van der Waals surface area contributed by atoms with Crippen LogP contribution in [0.15, 0.2) is 24.3 Å². The lowest BCUT2D eigenvalue weighted by Gasteiger charge is -2.06. The lowest BCUT2D eigenvalue weighted by Crippen LogP contribution is -2.12. The molecular weight excluding hydrogens is 235 g/mol. The van der Waals surface area contributed by atoms with Crippen molar-refractivity contribution in [2.45, 2.75) is 0 Å². The molecule has 1 amide bonds. The van der Waals surface area contributed by atoms with E-state index in [1.54, 1.807) is 24.3 Å². The van der Waals surface area contributed by atoms with E-state index in [2.05, 4.69) is 4.98 Å². The van der Waals surface area contributed by atoms with Gasteiger partial charge in [-0.3, -0.25) is 4.79 Å². The predicted molar refractivity (Wildman–Crippen MR) is 60.3 cm³/mol. The van der Waals surface area contributed by atoms with Gasteiger partial charge >= 0.3 is 0 Å². The van der Waals surface area contributed by atoms with Gasteiger partial charge < -0.3 is 5.73 Å². The molecule has 1 aromatic carbocycles. The zero-order chi connectivity index (χ0) is 11.0. The van der Waals surface area contributed by atoms with Gasteiger partial charge in [0.05, 0.1) is 16.1 Å². The van der Waals surface area contributed by atoms with Gasteiger partial charge in [0.1, 0.15) is 5.15 Å². The monoisotopic (exact) mass is 240 g/mol. The van der Waals surface area contributed by atoms with Crippen molar-refractivity contribution >= 4 is 40.0 Å². The SMILES string of the molecule is NC(=O)c1c(Cl)c(Cl)nc2ccccc12. The molecule has 0 saturated heterocycles. The molecule has 2 rings (SSSR count). The number of hydrogen-bond donors (Lipinski definition) is 1. The zero-order valence-corrected chi connectivity index (χ0v) is 9.01. The van der Waals surface area contributed by atoms with E-state index in [-0.39, 0.29) is 15.7 Å². The summed E-state index contributed by atoms with van der Waals surface area (Å²) in [7, 11) is 0. The second-order valence-electron chi connectivity index (χ2n) is 2.97. The van der Waals surface area contributed by atoms with E-state index < -0.39 is 5.91 Å². The molecule has 0 saturated carbocycles. The Balaban J connectivity index is 2.95. The van der Waals surface area contributed by atoms with Gasteiger partial charge in [-0.15, -0.1) is 0 Å². The summed E-state index contributed by atoms with van der Waals surface area (Å²) in [5.74, 6) is -0.611. The molecule has 0 bridgehead atoms. The molecule has 0 fully saturated rings. The van der Waals surface area contributed by atoms with Crippen molar-refractivity contribution in [1.82, 2.24) is 4.98 Å². The summed E-state index contributed by atoms with van der Waals surface area (Å²) in [5.41, 5.74) is 6.05. The highest BCUT2D eigenvalue weighted by atomic mass is 35.5. The van der Waals surface area contributed by atoms with Crippen LogP contribution in [0.25, 0.3) is 10.9 Å². The fraction of sp³-hybridized carbons (Fsp3) is 0. The number of pyridine rings is 1. The molecule has 15 heavy (non-hydrogen) atoms. The first-order valence-corrected chi connectivity index (χ1v) is 4.90. The average molecular weight is 241 g/mol. The normalized spacial score (nSPS) is 10.5. The molecule has 1 heterocycles. The smallest absolute Gasteiger partial charge is 0.251 e. The van der Waals surface area contributed by atoms with E-state index in [0.29, 0.717) is 10.9 Å². The summed E-state index contributed by atoms with van der Waals surface area (Å²) in [6, 6.07) is 7.04. The highest BCUT2D eigenvalue weighted by Crippen LogP contribution is 2.29. The lowest BCUT2D eigenvalue weighted by atomic mass is 10.1. The van der Waals surface area contributed by atoms with Gasteiger partial charge in [0.15, 0.2) is 0 Å². The van der Waals surface area contributed by atoms with Crippen LogP contribution in [0.4, 0.5) is 0 Å². The Morgan fingerprint density at radius 3 is 2.60 bits per heavy atom. The molecule has 5 heteroatoms. The highest BCUT2D eigenvalue weighted by Gasteiger charge is 2.15. The molecule has 76 valence electrons. The fourth-order valence-corrected chi connectivity index (χ4v) is 1.82. The number of nitrogens with zero attached hydrogens (tertiary/aromatic N) is 1. The van der Waals surface area contributed by atoms with Crippen molar-refractivity contribution in [3.05, 3.63) is 40.0 Å². The van der Waals surface area contributed by atoms with E-state index in [9.17, 15) is 4.79 Å². The van der Waals surface area contributed by atoms with Crippen LogP contribution in [0.3, 0.4) is 0 Å². The third-order valence-corrected chi connectivity index (χ3v) is 2.78. The van der Waals surface area contributed by atoms with Crippen molar-refractivity contribution < 1.29 is 4.79 Å². The Kier molecular flexibility index (Phi) is 2.50. The molecule has 0 radical (unpaired) electrons. The Hall–Kier alpha value is -1.32. The first kappa shape index (κ1) is 10.2. The number of hydrogen-bond acceptors (Lipinski definition) is 2. The van der Waals surface area contributed by atoms with Crippen LogP contribution in [0.5, 0.6) is 0 Å². The maximum absolute atomic E-state index is 11.2. The minimum Gasteiger partial charge on any atom is -0.366 e. The molecule has 0 aliphatic heterocycles. The van der Waals surface area contributed by atoms with Gasteiger partial charge in [0, 0.05) is 5.39 Å². The number of benzene rings is 1. The number of halogens is 2. The molecule has 0 spiro atoms. The molecule has 3 nitrogen and oxygen atoms in total. The van der Waals surface area contributed by atoms with E-state index in [1.165, 1.54) is 0 Å². The quantitative estimate of drug-likeness (QED) is 0.780. The van der Waals surface area contributed by atoms with E-state index >= 15 is 0 Å². The minimum absolute atomic E-state index is 0.0872. The number of para-hydroxylation sites is 1. The van der Waals surface area contributed by atoms with Crippen LogP contribution < -0.4 is 5.73 Å². The minimum atomic E-state index is -0.611. The molecule has 1 aromatic heterocycles. The van der Waals surface area contributed by atoms with Crippen LogP contribution in [0.1, 0.15) is 10.4 Å². The Labute approximate surface area is 95.8 Å². The van der Waals surface area contributed by atoms with Crippen molar-refractivity contribution in [3.8, 4) is 0 Å². The number of aromatic nitrogens is 1. The van der Waals surface area contributed by atoms with E-state index in [0.717, 1.165) is 0 Å². The first-order chi connectivity index (χ1) is 7.11. The van der Waals surface area contributed by atoms with Gasteiger partial charge in [0.25, 0.3) is 5.91 Å². The second-order valence-corrected chi connectivity index (χ2v) is 3.71. The average Bonchev–Trinajstić information content (AvgIpc) is 2.19. The number of carbonyl (C=O) groups excluding carboxylic acids is 1. The standard InChI is InChI=1S/C10H6Cl2N2O/c11-8-7(10(13)15)5-3-1-2-4-6(5)14-9(8)12/h1-4H,(H2,13,15). The Bertz CT molecular complexity index is 554. The highest BCUT2D eigenvalue weighted by molar-refractivity contribution is 6.44. The summed E-state index contributed by atoms with van der Waals surface area (Å²) in [5, 5.41) is 0.798. The van der Waals surface area contributed by atoms with Crippen molar-refractivity contribution in [2.75, 3.05) is 0 Å². The summed E-state index contributed by atoms with van der Waals surface area (Å²) in [4.78, 5) is 15.3. The summed E-state index contributed by atoms with van der Waals surface area (Å²) in [6.07, 6.45) is 0. The number of fused-ring (bicyclic) bond motifs is 1. The molecule has 2 aromatic rings. The van der Waals surface area contributed by atoms with Crippen LogP contribution in [-0.2, 0) is 0 Å². The van der Waals surface area contributed by atoms with Crippen LogP contribution >= 0.6 is 23.2 Å². The summed E-state index contributed by atoms with van der Waals surface area (Å²) < 4.78 is 0. The maximum Gasteiger partial charge on any atom is 0.251 e. The topological polar surface area (TPSA) is 56.0 Å². The number of nitrogens with two attached hydrogens (primary N) is 1. The summed E-state index contributed by atoms with van der Waals surface area (Å²) >= 11 is 11.7. The van der Waals surface area contributed by atoms with Crippen molar-refractivity contribution in [1.29, 1.82) is 0 Å². The molecular formula is C10H6Cl2N2O. The van der Waals surface area contributed by atoms with Gasteiger partial charge in [-0.25, -0.2) is 4.98 Å². The Morgan fingerprint density at radius 1 is 1.27 bits per heavy atom. The largest absolute Gasteiger partial charge is 0.366 e. The van der Waals surface area contributed by atoms with Crippen LogP contribution in [0, 0.1) is 0 Å². The fourth-order valence-electron chi connectivity index (χ4n) is 1.40. The van der Waals surface area contributed by atoms with Crippen molar-refractivity contribution in [2.24, 2.45) is 5.73 Å². The molecule has 0 aliphatic rings. The molecule has 0 unspecified atom stereocenters. The van der Waals surface area contributed by atoms with Gasteiger partial charge in [-0.05, 0) is 6.07 Å². The van der Waals surface area contributed by atoms with Gasteiger partial charge in [-0.2, -0.15) is 0 Å². The second kappa shape index (κ2) is 3.68. The van der Waals surface area contributed by atoms with E-state index in [4.69, 9.17) is 28.9 Å². The number of carbonyl (C=O) groups is 1. The molecule has 0 aliphatic carbocycles. The Morgan fingerprint density at radius 2 is 1.93 bits per heavy atom. The van der Waals surface area contributed by atoms with Crippen molar-refractivity contribution in [3.63, 3.8) is 0 Å². The third-order valence-electron chi connectivity index (χ3n) is 2.04. The third kappa shape index (κ3) is 1.64. The molecule has 2 N–H and O–H groups in total. The summed E-state index contributed by atoms with van der Waals surface area (Å²) in [6.45, 7) is 0. The van der Waals surface area contributed by atoms with E-state index in [1.807, 2.05) is 0 Å². The molecule has 0 atom stereocenters. The van der Waals surface area contributed by atoms with Gasteiger partial charge in [0.2, 0.25) is 0 Å². The first-order valence-electron chi connectivity index (χ1n) is 4.15. The van der Waals surface area contributed by atoms with Crippen LogP contribution in [-0.4, -0.2) is 10.9 Å². The lowest BCUT2D eigenvalue weighted by molar-refractivity contribution is 0.100.